The first-order valence-corrected chi connectivity index (χ1v) is 14.1. The Bertz CT molecular complexity index is 1620. The number of hydrogen-bond acceptors (Lipinski definition) is 7. The van der Waals surface area contributed by atoms with Crippen molar-refractivity contribution in [3.05, 3.63) is 107 Å². The number of ether oxygens (including phenoxy) is 2. The molecule has 6 atom stereocenters. The molecule has 1 aliphatic heterocycles. The molecular formula is C34H27NO7. The molecule has 0 spiro atoms. The van der Waals surface area contributed by atoms with E-state index in [0.717, 1.165) is 12.0 Å². The first-order chi connectivity index (χ1) is 20.3. The molecule has 8 heteroatoms. The number of nitrogens with zero attached hydrogens (tertiary/aromatic N) is 1. The summed E-state index contributed by atoms with van der Waals surface area (Å²) in [6.45, 7) is 1.44. The number of carbonyl (C=O) groups excluding carboxylic acids is 5. The molecule has 0 N–H and O–H groups in total. The molecule has 3 aromatic carbocycles. The number of ketones is 1. The molecule has 1 saturated heterocycles. The highest BCUT2D eigenvalue weighted by Crippen LogP contribution is 2.65. The second-order valence-corrected chi connectivity index (χ2v) is 11.5. The fraction of sp³-hybridized carbons (Fsp3) is 0.265. The molecule has 0 radical (unpaired) electrons. The Morgan fingerprint density at radius 3 is 1.83 bits per heavy atom. The maximum Gasteiger partial charge on any atom is 0.343 e. The third-order valence-electron chi connectivity index (χ3n) is 9.03. The van der Waals surface area contributed by atoms with Crippen molar-refractivity contribution >= 4 is 35.2 Å². The van der Waals surface area contributed by atoms with Gasteiger partial charge in [0.2, 0.25) is 11.8 Å². The highest BCUT2D eigenvalue weighted by Gasteiger charge is 2.67. The average molecular weight is 562 g/mol. The summed E-state index contributed by atoms with van der Waals surface area (Å²) in [7, 11) is 0. The fourth-order valence-corrected chi connectivity index (χ4v) is 6.82. The van der Waals surface area contributed by atoms with E-state index in [9.17, 15) is 24.0 Å². The van der Waals surface area contributed by atoms with Gasteiger partial charge in [-0.15, -0.1) is 0 Å². The second-order valence-electron chi connectivity index (χ2n) is 11.5. The number of benzene rings is 3. The van der Waals surface area contributed by atoms with Gasteiger partial charge in [0.05, 0.1) is 28.7 Å². The Morgan fingerprint density at radius 2 is 1.24 bits per heavy atom. The van der Waals surface area contributed by atoms with Crippen LogP contribution in [0.2, 0.25) is 0 Å². The van der Waals surface area contributed by atoms with E-state index < -0.39 is 24.3 Å². The molecule has 5 aliphatic rings. The lowest BCUT2D eigenvalue weighted by atomic mass is 9.63. The van der Waals surface area contributed by atoms with Crippen LogP contribution in [0.25, 0.3) is 0 Å². The lowest BCUT2D eigenvalue weighted by Crippen LogP contribution is -2.40. The van der Waals surface area contributed by atoms with E-state index in [1.165, 1.54) is 41.3 Å². The molecule has 2 saturated carbocycles. The smallest absolute Gasteiger partial charge is 0.343 e. The molecule has 1 heterocycles. The van der Waals surface area contributed by atoms with E-state index in [2.05, 4.69) is 12.2 Å². The minimum atomic E-state index is -0.700. The highest BCUT2D eigenvalue weighted by molar-refractivity contribution is 6.22. The van der Waals surface area contributed by atoms with Crippen molar-refractivity contribution in [1.29, 1.82) is 0 Å². The van der Waals surface area contributed by atoms with Crippen molar-refractivity contribution in [2.75, 3.05) is 11.5 Å². The predicted octanol–water partition coefficient (Wildman–Crippen LogP) is 4.81. The monoisotopic (exact) mass is 561 g/mol. The fourth-order valence-electron chi connectivity index (χ4n) is 6.82. The van der Waals surface area contributed by atoms with E-state index in [4.69, 9.17) is 9.47 Å². The van der Waals surface area contributed by atoms with Crippen LogP contribution >= 0.6 is 0 Å². The number of rotatable bonds is 7. The van der Waals surface area contributed by atoms with E-state index in [1.54, 1.807) is 24.3 Å². The van der Waals surface area contributed by atoms with Gasteiger partial charge in [0.15, 0.2) is 12.4 Å². The zero-order chi connectivity index (χ0) is 29.1. The zero-order valence-electron chi connectivity index (χ0n) is 22.8. The lowest BCUT2D eigenvalue weighted by molar-refractivity contribution is -0.124. The van der Waals surface area contributed by atoms with Crippen molar-refractivity contribution in [1.82, 2.24) is 0 Å². The molecule has 3 aromatic rings. The number of hydrogen-bond donors (Lipinski definition) is 0. The van der Waals surface area contributed by atoms with Crippen LogP contribution in [0.1, 0.15) is 43.1 Å². The number of allylic oxidation sites excluding steroid dienone is 2. The summed E-state index contributed by atoms with van der Waals surface area (Å²) >= 11 is 0. The topological polar surface area (TPSA) is 107 Å². The first-order valence-electron chi connectivity index (χ1n) is 14.1. The number of amides is 2. The Labute approximate surface area is 241 Å². The summed E-state index contributed by atoms with van der Waals surface area (Å²) in [5.74, 6) is -0.917. The van der Waals surface area contributed by atoms with E-state index >= 15 is 0 Å². The van der Waals surface area contributed by atoms with Crippen LogP contribution in [0.15, 0.2) is 84.9 Å². The number of Topliss-reactive ketones (excluding diaryl/α,β-unsaturated/α-hetero) is 1. The van der Waals surface area contributed by atoms with Crippen LogP contribution in [0.3, 0.4) is 0 Å². The minimum absolute atomic E-state index is 0.142. The first kappa shape index (κ1) is 26.1. The third kappa shape index (κ3) is 4.34. The molecule has 8 nitrogen and oxygen atoms in total. The summed E-state index contributed by atoms with van der Waals surface area (Å²) < 4.78 is 10.6. The molecule has 8 rings (SSSR count). The summed E-state index contributed by atoms with van der Waals surface area (Å²) in [4.78, 5) is 65.4. The molecule has 210 valence electrons. The number of imide groups is 1. The van der Waals surface area contributed by atoms with E-state index in [0.29, 0.717) is 28.7 Å². The normalized spacial score (nSPS) is 26.5. The summed E-state index contributed by atoms with van der Waals surface area (Å²) in [5.41, 5.74) is 2.37. The van der Waals surface area contributed by atoms with E-state index in [1.807, 2.05) is 19.1 Å². The molecule has 2 bridgehead atoms. The Morgan fingerprint density at radius 1 is 0.714 bits per heavy atom. The van der Waals surface area contributed by atoms with Crippen LogP contribution in [-0.4, -0.2) is 36.1 Å². The Balaban J connectivity index is 0.945. The molecule has 0 aromatic heterocycles. The van der Waals surface area contributed by atoms with Gasteiger partial charge in [0.25, 0.3) is 0 Å². The Kier molecular flexibility index (Phi) is 6.15. The zero-order valence-corrected chi connectivity index (χ0v) is 22.8. The standard InChI is InChI=1S/C34H27NO7/c1-18-2-4-21(5-3-18)34(40)42-23-12-8-19(9-13-23)28(36)17-41-33(39)20-6-10-22(11-7-20)35-31(37)29-24-14-15-25(27-16-26(24)27)30(29)32(35)38/h2-15,24-27,29-30H,16-17H2,1H3. The average Bonchev–Trinajstić information content (AvgIpc) is 3.79. The molecular weight excluding hydrogens is 534 g/mol. The van der Waals surface area contributed by atoms with Crippen LogP contribution in [-0.2, 0) is 14.3 Å². The van der Waals surface area contributed by atoms with Gasteiger partial charge in [-0.1, -0.05) is 29.8 Å². The SMILES string of the molecule is Cc1ccc(C(=O)Oc2ccc(C(=O)COC(=O)c3ccc(N4C(=O)C5C6C=CC(C7CC67)C5C4=O)cc3)cc2)cc1. The minimum Gasteiger partial charge on any atom is -0.454 e. The van der Waals surface area contributed by atoms with Crippen LogP contribution < -0.4 is 9.64 Å². The van der Waals surface area contributed by atoms with Crippen molar-refractivity contribution in [3.8, 4) is 5.75 Å². The number of esters is 2. The molecule has 6 unspecified atom stereocenters. The van der Waals surface area contributed by atoms with Crippen molar-refractivity contribution in [3.63, 3.8) is 0 Å². The highest BCUT2D eigenvalue weighted by atomic mass is 16.5. The molecule has 3 fully saturated rings. The van der Waals surface area contributed by atoms with Gasteiger partial charge in [-0.25, -0.2) is 9.59 Å². The van der Waals surface area contributed by atoms with Gasteiger partial charge < -0.3 is 9.47 Å². The number of aryl methyl sites for hydroxylation is 1. The van der Waals surface area contributed by atoms with Crippen molar-refractivity contribution in [2.24, 2.45) is 35.5 Å². The van der Waals surface area contributed by atoms with Gasteiger partial charge in [0.1, 0.15) is 5.75 Å². The van der Waals surface area contributed by atoms with Crippen molar-refractivity contribution < 1.29 is 33.4 Å². The largest absolute Gasteiger partial charge is 0.454 e. The van der Waals surface area contributed by atoms with Gasteiger partial charge >= 0.3 is 11.9 Å². The van der Waals surface area contributed by atoms with Crippen LogP contribution in [0, 0.1) is 42.4 Å². The van der Waals surface area contributed by atoms with Crippen LogP contribution in [0.4, 0.5) is 5.69 Å². The van der Waals surface area contributed by atoms with Crippen LogP contribution in [0.5, 0.6) is 5.75 Å². The molecule has 2 amide bonds. The number of carbonyl (C=O) groups is 5. The van der Waals surface area contributed by atoms with Gasteiger partial charge in [-0.2, -0.15) is 0 Å². The maximum atomic E-state index is 13.3. The molecule has 42 heavy (non-hydrogen) atoms. The maximum absolute atomic E-state index is 13.3. The lowest BCUT2D eigenvalue weighted by Gasteiger charge is -2.37. The van der Waals surface area contributed by atoms with Crippen molar-refractivity contribution in [2.45, 2.75) is 13.3 Å². The number of anilines is 1. The second kappa shape index (κ2) is 9.91. The quantitative estimate of drug-likeness (QED) is 0.134. The summed E-state index contributed by atoms with van der Waals surface area (Å²) in [5, 5.41) is 0. The Hall–Kier alpha value is -4.85. The summed E-state index contributed by atoms with van der Waals surface area (Å²) in [6, 6.07) is 19.1. The van der Waals surface area contributed by atoms with Gasteiger partial charge in [0, 0.05) is 5.56 Å². The van der Waals surface area contributed by atoms with Gasteiger partial charge in [-0.3, -0.25) is 19.3 Å². The third-order valence-corrected chi connectivity index (χ3v) is 9.03. The molecule has 4 aliphatic carbocycles. The van der Waals surface area contributed by atoms with E-state index in [-0.39, 0.29) is 46.8 Å². The predicted molar refractivity (Wildman–Crippen MR) is 151 cm³/mol. The van der Waals surface area contributed by atoms with Gasteiger partial charge in [-0.05, 0) is 97.7 Å². The summed E-state index contributed by atoms with van der Waals surface area (Å²) in [6.07, 6.45) is 5.36.